The Kier molecular flexibility index (Phi) is 16.2. The van der Waals surface area contributed by atoms with Crippen LogP contribution >= 0.6 is 0 Å². The van der Waals surface area contributed by atoms with Gasteiger partial charge in [-0.25, -0.2) is 0 Å². The summed E-state index contributed by atoms with van der Waals surface area (Å²) in [6, 6.07) is 0.160. The highest BCUT2D eigenvalue weighted by Gasteiger charge is 2.11. The standard InChI is InChI=1S/C19H41NO/c1-4-5-6-7-8-9-10-11-12-13-14-15-16-17-19(21-3)18(2)20/h18-19H,4-17,20H2,1-3H3/t18-,19-/m0/s1. The number of unbranched alkanes of at least 4 members (excludes halogenated alkanes) is 12. The van der Waals surface area contributed by atoms with E-state index in [9.17, 15) is 0 Å². The highest BCUT2D eigenvalue weighted by molar-refractivity contribution is 4.67. The summed E-state index contributed by atoms with van der Waals surface area (Å²) in [7, 11) is 1.77. The van der Waals surface area contributed by atoms with Crippen molar-refractivity contribution in [1.82, 2.24) is 0 Å². The van der Waals surface area contributed by atoms with E-state index < -0.39 is 0 Å². The summed E-state index contributed by atoms with van der Waals surface area (Å²) in [6.45, 7) is 4.32. The molecule has 0 amide bonds. The first-order chi connectivity index (χ1) is 10.2. The van der Waals surface area contributed by atoms with E-state index in [1.54, 1.807) is 7.11 Å². The topological polar surface area (TPSA) is 35.2 Å². The van der Waals surface area contributed by atoms with Gasteiger partial charge in [0.25, 0.3) is 0 Å². The first kappa shape index (κ1) is 20.9. The Morgan fingerprint density at radius 2 is 1.10 bits per heavy atom. The van der Waals surface area contributed by atoms with Crippen LogP contribution in [0.3, 0.4) is 0 Å². The monoisotopic (exact) mass is 299 g/mol. The second-order valence-corrected chi connectivity index (χ2v) is 6.66. The Morgan fingerprint density at radius 1 is 0.714 bits per heavy atom. The summed E-state index contributed by atoms with van der Waals surface area (Å²) in [5.41, 5.74) is 5.87. The zero-order chi connectivity index (χ0) is 15.8. The lowest BCUT2D eigenvalue weighted by Gasteiger charge is -2.18. The first-order valence-corrected chi connectivity index (χ1v) is 9.50. The van der Waals surface area contributed by atoms with Gasteiger partial charge in [-0.15, -0.1) is 0 Å². The van der Waals surface area contributed by atoms with Gasteiger partial charge in [0, 0.05) is 13.2 Å². The molecule has 0 aromatic rings. The minimum absolute atomic E-state index is 0.160. The fourth-order valence-corrected chi connectivity index (χ4v) is 2.96. The molecule has 21 heavy (non-hydrogen) atoms. The van der Waals surface area contributed by atoms with Crippen LogP contribution in [-0.4, -0.2) is 19.3 Å². The molecule has 0 saturated heterocycles. The van der Waals surface area contributed by atoms with Gasteiger partial charge in [0.2, 0.25) is 0 Å². The average molecular weight is 300 g/mol. The zero-order valence-corrected chi connectivity index (χ0v) is 15.0. The predicted octanol–water partition coefficient (Wildman–Crippen LogP) is 5.83. The van der Waals surface area contributed by atoms with E-state index in [0.717, 1.165) is 6.42 Å². The lowest BCUT2D eigenvalue weighted by atomic mass is 10.0. The van der Waals surface area contributed by atoms with Gasteiger partial charge < -0.3 is 10.5 Å². The minimum Gasteiger partial charge on any atom is -0.380 e. The van der Waals surface area contributed by atoms with Crippen molar-refractivity contribution in [2.45, 2.75) is 116 Å². The summed E-state index contributed by atoms with van der Waals surface area (Å²) in [5.74, 6) is 0. The quantitative estimate of drug-likeness (QED) is 0.364. The maximum Gasteiger partial charge on any atom is 0.0719 e. The summed E-state index contributed by atoms with van der Waals surface area (Å²) in [5, 5.41) is 0. The molecular weight excluding hydrogens is 258 g/mol. The smallest absolute Gasteiger partial charge is 0.0719 e. The third-order valence-corrected chi connectivity index (χ3v) is 4.48. The van der Waals surface area contributed by atoms with Gasteiger partial charge >= 0.3 is 0 Å². The molecule has 0 radical (unpaired) electrons. The third kappa shape index (κ3) is 14.6. The van der Waals surface area contributed by atoms with Crippen LogP contribution in [0, 0.1) is 0 Å². The minimum atomic E-state index is 0.160. The second-order valence-electron chi connectivity index (χ2n) is 6.66. The van der Waals surface area contributed by atoms with Gasteiger partial charge in [-0.3, -0.25) is 0 Å². The molecule has 0 spiro atoms. The van der Waals surface area contributed by atoms with Gasteiger partial charge in [0.1, 0.15) is 0 Å². The highest BCUT2D eigenvalue weighted by atomic mass is 16.5. The summed E-state index contributed by atoms with van der Waals surface area (Å²) in [6.07, 6.45) is 19.6. The fourth-order valence-electron chi connectivity index (χ4n) is 2.96. The molecule has 128 valence electrons. The number of rotatable bonds is 16. The number of hydrogen-bond acceptors (Lipinski definition) is 2. The van der Waals surface area contributed by atoms with Crippen molar-refractivity contribution in [1.29, 1.82) is 0 Å². The molecule has 0 fully saturated rings. The molecule has 0 aromatic carbocycles. The van der Waals surface area contributed by atoms with Crippen LogP contribution < -0.4 is 5.73 Å². The van der Waals surface area contributed by atoms with E-state index in [-0.39, 0.29) is 12.1 Å². The van der Waals surface area contributed by atoms with Crippen molar-refractivity contribution < 1.29 is 4.74 Å². The van der Waals surface area contributed by atoms with Crippen LogP contribution in [0.2, 0.25) is 0 Å². The Hall–Kier alpha value is -0.0800. The van der Waals surface area contributed by atoms with E-state index >= 15 is 0 Å². The van der Waals surface area contributed by atoms with Crippen molar-refractivity contribution in [3.8, 4) is 0 Å². The maximum absolute atomic E-state index is 5.87. The molecule has 0 aromatic heterocycles. The molecule has 0 saturated carbocycles. The van der Waals surface area contributed by atoms with Crippen molar-refractivity contribution in [3.05, 3.63) is 0 Å². The van der Waals surface area contributed by atoms with Gasteiger partial charge in [0.05, 0.1) is 6.10 Å². The van der Waals surface area contributed by atoms with E-state index in [1.807, 2.05) is 6.92 Å². The zero-order valence-electron chi connectivity index (χ0n) is 15.0. The Labute approximate surface area is 134 Å². The van der Waals surface area contributed by atoms with E-state index in [1.165, 1.54) is 83.5 Å². The summed E-state index contributed by atoms with van der Waals surface area (Å²) in [4.78, 5) is 0. The van der Waals surface area contributed by atoms with E-state index in [2.05, 4.69) is 6.92 Å². The molecule has 0 bridgehead atoms. The van der Waals surface area contributed by atoms with Crippen LogP contribution in [0.5, 0.6) is 0 Å². The fraction of sp³-hybridized carbons (Fsp3) is 1.00. The SMILES string of the molecule is CCCCCCCCCCCCCCC[C@H](OC)[C@H](C)N. The number of hydrogen-bond donors (Lipinski definition) is 1. The largest absolute Gasteiger partial charge is 0.380 e. The maximum atomic E-state index is 5.87. The predicted molar refractivity (Wildman–Crippen MR) is 94.8 cm³/mol. The Balaban J connectivity index is 3.12. The van der Waals surface area contributed by atoms with Gasteiger partial charge in [-0.1, -0.05) is 90.4 Å². The number of ether oxygens (including phenoxy) is 1. The lowest BCUT2D eigenvalue weighted by molar-refractivity contribution is 0.0757. The average Bonchev–Trinajstić information content (AvgIpc) is 2.47. The van der Waals surface area contributed by atoms with E-state index in [4.69, 9.17) is 10.5 Å². The normalized spacial score (nSPS) is 14.3. The number of methoxy groups -OCH3 is 1. The molecule has 2 heteroatoms. The summed E-state index contributed by atoms with van der Waals surface area (Å²) < 4.78 is 5.39. The molecule has 0 aliphatic heterocycles. The van der Waals surface area contributed by atoms with Crippen LogP contribution in [-0.2, 0) is 4.74 Å². The van der Waals surface area contributed by atoms with Crippen molar-refractivity contribution in [3.63, 3.8) is 0 Å². The lowest BCUT2D eigenvalue weighted by Crippen LogP contribution is -2.33. The van der Waals surface area contributed by atoms with Crippen molar-refractivity contribution >= 4 is 0 Å². The van der Waals surface area contributed by atoms with Gasteiger partial charge in [-0.2, -0.15) is 0 Å². The van der Waals surface area contributed by atoms with Gasteiger partial charge in [-0.05, 0) is 13.3 Å². The molecule has 2 N–H and O–H groups in total. The molecule has 2 nitrogen and oxygen atoms in total. The molecule has 0 aliphatic carbocycles. The third-order valence-electron chi connectivity index (χ3n) is 4.48. The van der Waals surface area contributed by atoms with Crippen LogP contribution in [0.15, 0.2) is 0 Å². The Morgan fingerprint density at radius 3 is 1.43 bits per heavy atom. The van der Waals surface area contributed by atoms with Crippen LogP contribution in [0.4, 0.5) is 0 Å². The second kappa shape index (κ2) is 16.3. The van der Waals surface area contributed by atoms with Crippen LogP contribution in [0.25, 0.3) is 0 Å². The molecule has 0 rings (SSSR count). The Bertz CT molecular complexity index is 194. The van der Waals surface area contributed by atoms with Crippen molar-refractivity contribution in [2.24, 2.45) is 5.73 Å². The molecule has 0 aliphatic rings. The van der Waals surface area contributed by atoms with E-state index in [0.29, 0.717) is 0 Å². The summed E-state index contributed by atoms with van der Waals surface area (Å²) >= 11 is 0. The van der Waals surface area contributed by atoms with Gasteiger partial charge in [0.15, 0.2) is 0 Å². The molecular formula is C19H41NO. The van der Waals surface area contributed by atoms with Crippen molar-refractivity contribution in [2.75, 3.05) is 7.11 Å². The highest BCUT2D eigenvalue weighted by Crippen LogP contribution is 2.14. The number of nitrogens with two attached hydrogens (primary N) is 1. The molecule has 0 unspecified atom stereocenters. The molecule has 2 atom stereocenters. The van der Waals surface area contributed by atoms with Crippen LogP contribution in [0.1, 0.15) is 104 Å². The molecule has 0 heterocycles. The first-order valence-electron chi connectivity index (χ1n) is 9.50.